The highest BCUT2D eigenvalue weighted by Gasteiger charge is 2.29. The Bertz CT molecular complexity index is 1020. The molecule has 0 aromatic carbocycles. The molecule has 4 heterocycles. The molecule has 0 unspecified atom stereocenters. The summed E-state index contributed by atoms with van der Waals surface area (Å²) in [4.78, 5) is 25.1. The van der Waals surface area contributed by atoms with Gasteiger partial charge in [-0.05, 0) is 25.0 Å². The first-order valence-corrected chi connectivity index (χ1v) is 8.47. The molecular weight excluding hydrogens is 351 g/mol. The molecule has 3 aromatic heterocycles. The number of aromatic amines is 1. The van der Waals surface area contributed by atoms with Crippen LogP contribution in [0.15, 0.2) is 35.1 Å². The molecule has 9 heteroatoms. The van der Waals surface area contributed by atoms with Gasteiger partial charge in [0.1, 0.15) is 11.8 Å². The number of carbonyl (C=O) groups excluding carboxylic acids is 1. The molecular formula is C18H15FN6O2. The molecule has 1 fully saturated rings. The van der Waals surface area contributed by atoms with Crippen LogP contribution in [0.3, 0.4) is 0 Å². The maximum absolute atomic E-state index is 13.3. The lowest BCUT2D eigenvalue weighted by atomic mass is 9.97. The highest BCUT2D eigenvalue weighted by atomic mass is 19.1. The van der Waals surface area contributed by atoms with Crippen LogP contribution in [-0.2, 0) is 0 Å². The van der Waals surface area contributed by atoms with Crippen molar-refractivity contribution in [1.29, 1.82) is 5.26 Å². The number of nitrogens with one attached hydrogen (secondary N) is 1. The zero-order valence-electron chi connectivity index (χ0n) is 14.2. The molecule has 136 valence electrons. The van der Waals surface area contributed by atoms with Crippen molar-refractivity contribution in [2.24, 2.45) is 0 Å². The third kappa shape index (κ3) is 3.42. The van der Waals surface area contributed by atoms with Crippen molar-refractivity contribution < 1.29 is 13.7 Å². The summed E-state index contributed by atoms with van der Waals surface area (Å²) in [6.07, 6.45) is 4.45. The SMILES string of the molecule is N#Cc1c[nH]c(-c2nc([C@H]3CCCN(C(=O)c4ccnc(F)c4)C3)no2)c1. The van der Waals surface area contributed by atoms with Gasteiger partial charge >= 0.3 is 0 Å². The van der Waals surface area contributed by atoms with Gasteiger partial charge < -0.3 is 14.4 Å². The van der Waals surface area contributed by atoms with E-state index in [0.717, 1.165) is 18.9 Å². The quantitative estimate of drug-likeness (QED) is 0.713. The molecule has 1 aliphatic heterocycles. The Hall–Kier alpha value is -3.54. The number of carbonyl (C=O) groups is 1. The molecule has 1 amide bonds. The number of rotatable bonds is 3. The average Bonchev–Trinajstić information content (AvgIpc) is 3.37. The lowest BCUT2D eigenvalue weighted by Crippen LogP contribution is -2.39. The van der Waals surface area contributed by atoms with E-state index in [1.807, 2.05) is 6.07 Å². The van der Waals surface area contributed by atoms with Crippen LogP contribution >= 0.6 is 0 Å². The molecule has 3 aromatic rings. The minimum absolute atomic E-state index is 0.0720. The van der Waals surface area contributed by atoms with E-state index in [1.165, 1.54) is 12.3 Å². The van der Waals surface area contributed by atoms with Crippen molar-refractivity contribution >= 4 is 5.91 Å². The number of pyridine rings is 1. The maximum atomic E-state index is 13.3. The molecule has 0 spiro atoms. The number of hydrogen-bond acceptors (Lipinski definition) is 6. The van der Waals surface area contributed by atoms with Gasteiger partial charge in [-0.25, -0.2) is 4.98 Å². The van der Waals surface area contributed by atoms with Gasteiger partial charge in [0, 0.05) is 43.0 Å². The number of piperidine rings is 1. The molecule has 4 rings (SSSR count). The van der Waals surface area contributed by atoms with Gasteiger partial charge in [0.05, 0.1) is 5.56 Å². The smallest absolute Gasteiger partial charge is 0.274 e. The summed E-state index contributed by atoms with van der Waals surface area (Å²) >= 11 is 0. The minimum atomic E-state index is -0.681. The van der Waals surface area contributed by atoms with Crippen LogP contribution in [-0.4, -0.2) is 44.0 Å². The van der Waals surface area contributed by atoms with Gasteiger partial charge in [0.2, 0.25) is 5.95 Å². The van der Waals surface area contributed by atoms with E-state index < -0.39 is 5.95 Å². The Morgan fingerprint density at radius 1 is 1.44 bits per heavy atom. The van der Waals surface area contributed by atoms with Gasteiger partial charge in [-0.3, -0.25) is 4.79 Å². The second kappa shape index (κ2) is 6.99. The summed E-state index contributed by atoms with van der Waals surface area (Å²) < 4.78 is 18.6. The van der Waals surface area contributed by atoms with Crippen molar-refractivity contribution in [2.75, 3.05) is 13.1 Å². The molecule has 0 bridgehead atoms. The largest absolute Gasteiger partial charge is 0.356 e. The van der Waals surface area contributed by atoms with Crippen LogP contribution < -0.4 is 0 Å². The lowest BCUT2D eigenvalue weighted by Gasteiger charge is -2.31. The summed E-state index contributed by atoms with van der Waals surface area (Å²) in [6.45, 7) is 1.02. The molecule has 27 heavy (non-hydrogen) atoms. The summed E-state index contributed by atoms with van der Waals surface area (Å²) in [5.41, 5.74) is 1.32. The number of nitrogens with zero attached hydrogens (tertiary/aromatic N) is 5. The van der Waals surface area contributed by atoms with E-state index >= 15 is 0 Å². The first kappa shape index (κ1) is 16.9. The average molecular weight is 366 g/mol. The fourth-order valence-corrected chi connectivity index (χ4v) is 3.18. The molecule has 1 saturated heterocycles. The highest BCUT2D eigenvalue weighted by molar-refractivity contribution is 5.94. The summed E-state index contributed by atoms with van der Waals surface area (Å²) in [5, 5.41) is 12.9. The van der Waals surface area contributed by atoms with Crippen molar-refractivity contribution in [3.63, 3.8) is 0 Å². The Morgan fingerprint density at radius 3 is 3.11 bits per heavy atom. The van der Waals surface area contributed by atoms with Crippen LogP contribution in [0.25, 0.3) is 11.6 Å². The van der Waals surface area contributed by atoms with Gasteiger partial charge in [-0.15, -0.1) is 0 Å². The topological polar surface area (TPSA) is 112 Å². The van der Waals surface area contributed by atoms with Crippen molar-refractivity contribution in [3.05, 3.63) is 53.5 Å². The van der Waals surface area contributed by atoms with Gasteiger partial charge in [-0.2, -0.15) is 14.6 Å². The number of nitriles is 1. The van der Waals surface area contributed by atoms with E-state index in [4.69, 9.17) is 9.78 Å². The van der Waals surface area contributed by atoms with E-state index in [2.05, 4.69) is 20.1 Å². The van der Waals surface area contributed by atoms with Crippen LogP contribution in [0.5, 0.6) is 0 Å². The van der Waals surface area contributed by atoms with Gasteiger partial charge in [0.25, 0.3) is 11.8 Å². The van der Waals surface area contributed by atoms with Crippen LogP contribution in [0, 0.1) is 17.3 Å². The summed E-state index contributed by atoms with van der Waals surface area (Å²) in [6, 6.07) is 6.29. The van der Waals surface area contributed by atoms with Gasteiger partial charge in [0.15, 0.2) is 5.82 Å². The van der Waals surface area contributed by atoms with E-state index in [-0.39, 0.29) is 17.4 Å². The normalized spacial score (nSPS) is 16.9. The van der Waals surface area contributed by atoms with E-state index in [9.17, 15) is 9.18 Å². The molecule has 0 saturated carbocycles. The number of aromatic nitrogens is 4. The zero-order valence-corrected chi connectivity index (χ0v) is 14.2. The number of amides is 1. The first-order chi connectivity index (χ1) is 13.1. The van der Waals surface area contributed by atoms with Crippen LogP contribution in [0.4, 0.5) is 4.39 Å². The molecule has 8 nitrogen and oxygen atoms in total. The Labute approximate surface area is 153 Å². The van der Waals surface area contributed by atoms with Crippen LogP contribution in [0.2, 0.25) is 0 Å². The Kier molecular flexibility index (Phi) is 4.38. The minimum Gasteiger partial charge on any atom is -0.356 e. The third-order valence-electron chi connectivity index (χ3n) is 4.53. The highest BCUT2D eigenvalue weighted by Crippen LogP contribution is 2.27. The number of likely N-dealkylation sites (tertiary alicyclic amines) is 1. The molecule has 0 aliphatic carbocycles. The lowest BCUT2D eigenvalue weighted by molar-refractivity contribution is 0.0703. The van der Waals surface area contributed by atoms with Gasteiger partial charge in [-0.1, -0.05) is 5.16 Å². The molecule has 1 aliphatic rings. The number of H-pyrrole nitrogens is 1. The number of hydrogen-bond donors (Lipinski definition) is 1. The predicted molar refractivity (Wildman–Crippen MR) is 90.9 cm³/mol. The second-order valence-corrected chi connectivity index (χ2v) is 6.33. The van der Waals surface area contributed by atoms with Crippen molar-refractivity contribution in [3.8, 4) is 17.7 Å². The van der Waals surface area contributed by atoms with E-state index in [1.54, 1.807) is 17.2 Å². The van der Waals surface area contributed by atoms with Crippen molar-refractivity contribution in [1.82, 2.24) is 25.0 Å². The second-order valence-electron chi connectivity index (χ2n) is 6.33. The molecule has 1 atom stereocenters. The maximum Gasteiger partial charge on any atom is 0.274 e. The Morgan fingerprint density at radius 2 is 2.33 bits per heavy atom. The fraction of sp³-hybridized carbons (Fsp3) is 0.278. The van der Waals surface area contributed by atoms with Crippen LogP contribution in [0.1, 0.15) is 40.5 Å². The number of halogens is 1. The standard InChI is InChI=1S/C18H15FN6O2/c19-15-7-12(3-4-21-15)18(26)25-5-1-2-13(10-25)16-23-17(27-24-16)14-6-11(8-20)9-22-14/h3-4,6-7,9,13,22H,1-2,5,10H2/t13-/m0/s1. The predicted octanol–water partition coefficient (Wildman–Crippen LogP) is 2.49. The summed E-state index contributed by atoms with van der Waals surface area (Å²) in [7, 11) is 0. The monoisotopic (exact) mass is 366 g/mol. The van der Waals surface area contributed by atoms with E-state index in [0.29, 0.717) is 36.1 Å². The molecule has 0 radical (unpaired) electrons. The third-order valence-corrected chi connectivity index (χ3v) is 4.53. The molecule has 1 N–H and O–H groups in total. The summed E-state index contributed by atoms with van der Waals surface area (Å²) in [5.74, 6) is -0.187. The Balaban J connectivity index is 1.50. The fourth-order valence-electron chi connectivity index (χ4n) is 3.18. The zero-order chi connectivity index (χ0) is 18.8. The van der Waals surface area contributed by atoms with Crippen molar-refractivity contribution in [2.45, 2.75) is 18.8 Å². The first-order valence-electron chi connectivity index (χ1n) is 8.47.